The highest BCUT2D eigenvalue weighted by Crippen LogP contribution is 2.21. The van der Waals surface area contributed by atoms with Gasteiger partial charge in [0.15, 0.2) is 0 Å². The number of nitriles is 1. The van der Waals surface area contributed by atoms with Gasteiger partial charge in [-0.05, 0) is 42.2 Å². The minimum absolute atomic E-state index is 0.213. The molecule has 0 N–H and O–H groups in total. The van der Waals surface area contributed by atoms with Crippen molar-refractivity contribution in [3.05, 3.63) is 34.4 Å². The maximum atomic E-state index is 11.6. The van der Waals surface area contributed by atoms with Gasteiger partial charge in [0, 0.05) is 5.88 Å². The Morgan fingerprint density at radius 3 is 2.56 bits per heavy atom. The Bertz CT molecular complexity index is 452. The van der Waals surface area contributed by atoms with Crippen LogP contribution in [0.15, 0.2) is 12.1 Å². The first-order valence-corrected chi connectivity index (χ1v) is 6.46. The molecule has 0 aliphatic rings. The first-order valence-electron chi connectivity index (χ1n) is 5.92. The lowest BCUT2D eigenvalue weighted by Crippen LogP contribution is -2.11. The zero-order valence-corrected chi connectivity index (χ0v) is 11.4. The van der Waals surface area contributed by atoms with Crippen LogP contribution in [0.25, 0.3) is 0 Å². The standard InChI is InChI=1S/C14H16ClNO2/c1-3-11-5-10(9-16)6-12(8-15)13(11)7-14(17)18-4-2/h5-6H,3-4,7-8H2,1-2H3. The lowest BCUT2D eigenvalue weighted by molar-refractivity contribution is -0.142. The van der Waals surface area contributed by atoms with Crippen LogP contribution in [0.2, 0.25) is 0 Å². The van der Waals surface area contributed by atoms with Crippen LogP contribution < -0.4 is 0 Å². The Kier molecular flexibility index (Phi) is 5.67. The van der Waals surface area contributed by atoms with Crippen molar-refractivity contribution in [2.75, 3.05) is 6.61 Å². The summed E-state index contributed by atoms with van der Waals surface area (Å²) in [6, 6.07) is 5.65. The van der Waals surface area contributed by atoms with E-state index in [2.05, 4.69) is 6.07 Å². The van der Waals surface area contributed by atoms with E-state index in [1.54, 1.807) is 13.0 Å². The van der Waals surface area contributed by atoms with Gasteiger partial charge in [0.2, 0.25) is 0 Å². The fraction of sp³-hybridized carbons (Fsp3) is 0.429. The van der Waals surface area contributed by atoms with Crippen molar-refractivity contribution in [2.45, 2.75) is 32.6 Å². The molecule has 0 heterocycles. The number of rotatable bonds is 5. The number of halogens is 1. The average Bonchev–Trinajstić information content (AvgIpc) is 2.39. The van der Waals surface area contributed by atoms with E-state index in [4.69, 9.17) is 21.6 Å². The summed E-state index contributed by atoms with van der Waals surface area (Å²) < 4.78 is 4.95. The normalized spacial score (nSPS) is 9.89. The SMILES string of the molecule is CCOC(=O)Cc1c(CC)cc(C#N)cc1CCl. The molecular weight excluding hydrogens is 250 g/mol. The van der Waals surface area contributed by atoms with E-state index in [-0.39, 0.29) is 18.3 Å². The topological polar surface area (TPSA) is 50.1 Å². The van der Waals surface area contributed by atoms with Crippen molar-refractivity contribution in [3.63, 3.8) is 0 Å². The number of nitrogens with zero attached hydrogens (tertiary/aromatic N) is 1. The number of alkyl halides is 1. The molecular formula is C14H16ClNO2. The zero-order chi connectivity index (χ0) is 13.5. The lowest BCUT2D eigenvalue weighted by atomic mass is 9.95. The molecule has 0 fully saturated rings. The van der Waals surface area contributed by atoms with Crippen LogP contribution in [0, 0.1) is 11.3 Å². The molecule has 0 aliphatic heterocycles. The summed E-state index contributed by atoms with van der Waals surface area (Å²) in [4.78, 5) is 11.6. The molecule has 3 nitrogen and oxygen atoms in total. The monoisotopic (exact) mass is 265 g/mol. The number of hydrogen-bond acceptors (Lipinski definition) is 3. The zero-order valence-electron chi connectivity index (χ0n) is 10.6. The van der Waals surface area contributed by atoms with Crippen LogP contribution in [-0.4, -0.2) is 12.6 Å². The second-order valence-electron chi connectivity index (χ2n) is 3.85. The van der Waals surface area contributed by atoms with E-state index >= 15 is 0 Å². The first-order chi connectivity index (χ1) is 8.65. The molecule has 1 aromatic rings. The van der Waals surface area contributed by atoms with Crippen LogP contribution in [-0.2, 0) is 28.3 Å². The Balaban J connectivity index is 3.15. The summed E-state index contributed by atoms with van der Waals surface area (Å²) in [5.41, 5.74) is 3.29. The molecule has 0 aromatic heterocycles. The molecule has 0 atom stereocenters. The molecule has 1 aromatic carbocycles. The Morgan fingerprint density at radius 1 is 1.39 bits per heavy atom. The smallest absolute Gasteiger partial charge is 0.310 e. The summed E-state index contributed by atoms with van der Waals surface area (Å²) in [6.07, 6.45) is 0.971. The van der Waals surface area contributed by atoms with Crippen LogP contribution in [0.1, 0.15) is 36.1 Å². The molecule has 0 saturated carbocycles. The molecule has 4 heteroatoms. The van der Waals surface area contributed by atoms with Gasteiger partial charge in [-0.25, -0.2) is 0 Å². The predicted octanol–water partition coefficient (Wildman–Crippen LogP) is 2.97. The summed E-state index contributed by atoms with van der Waals surface area (Å²) in [7, 11) is 0. The third kappa shape index (κ3) is 3.48. The van der Waals surface area contributed by atoms with Gasteiger partial charge in [0.1, 0.15) is 0 Å². The molecule has 18 heavy (non-hydrogen) atoms. The third-order valence-corrected chi connectivity index (χ3v) is 3.00. The largest absolute Gasteiger partial charge is 0.466 e. The Morgan fingerprint density at radius 2 is 2.06 bits per heavy atom. The Labute approximate surface area is 112 Å². The van der Waals surface area contributed by atoms with Gasteiger partial charge in [0.25, 0.3) is 0 Å². The van der Waals surface area contributed by atoms with E-state index < -0.39 is 0 Å². The predicted molar refractivity (Wildman–Crippen MR) is 70.4 cm³/mol. The number of aryl methyl sites for hydroxylation is 1. The number of esters is 1. The fourth-order valence-electron chi connectivity index (χ4n) is 1.88. The highest BCUT2D eigenvalue weighted by Gasteiger charge is 2.13. The number of ether oxygens (including phenoxy) is 1. The van der Waals surface area contributed by atoms with E-state index in [0.717, 1.165) is 23.1 Å². The van der Waals surface area contributed by atoms with Crippen molar-refractivity contribution in [1.82, 2.24) is 0 Å². The van der Waals surface area contributed by atoms with Gasteiger partial charge in [0.05, 0.1) is 24.7 Å². The molecule has 0 aliphatic carbocycles. The first kappa shape index (κ1) is 14.5. The van der Waals surface area contributed by atoms with Crippen molar-refractivity contribution in [1.29, 1.82) is 5.26 Å². The summed E-state index contributed by atoms with van der Waals surface area (Å²) in [5, 5.41) is 8.95. The van der Waals surface area contributed by atoms with E-state index in [1.165, 1.54) is 0 Å². The van der Waals surface area contributed by atoms with E-state index in [1.807, 2.05) is 13.0 Å². The second-order valence-corrected chi connectivity index (χ2v) is 4.12. The van der Waals surface area contributed by atoms with Gasteiger partial charge < -0.3 is 4.74 Å². The summed E-state index contributed by atoms with van der Waals surface area (Å²) >= 11 is 5.89. The molecule has 0 bridgehead atoms. The maximum Gasteiger partial charge on any atom is 0.310 e. The van der Waals surface area contributed by atoms with Crippen molar-refractivity contribution < 1.29 is 9.53 Å². The maximum absolute atomic E-state index is 11.6. The molecule has 1 rings (SSSR count). The quantitative estimate of drug-likeness (QED) is 0.607. The highest BCUT2D eigenvalue weighted by molar-refractivity contribution is 6.17. The van der Waals surface area contributed by atoms with Crippen LogP contribution >= 0.6 is 11.6 Å². The van der Waals surface area contributed by atoms with Crippen molar-refractivity contribution >= 4 is 17.6 Å². The van der Waals surface area contributed by atoms with Gasteiger partial charge in [-0.15, -0.1) is 11.6 Å². The summed E-state index contributed by atoms with van der Waals surface area (Å²) in [6.45, 7) is 4.13. The average molecular weight is 266 g/mol. The fourth-order valence-corrected chi connectivity index (χ4v) is 2.12. The van der Waals surface area contributed by atoms with Gasteiger partial charge >= 0.3 is 5.97 Å². The van der Waals surface area contributed by atoms with Gasteiger partial charge in [-0.2, -0.15) is 5.26 Å². The van der Waals surface area contributed by atoms with Crippen LogP contribution in [0.3, 0.4) is 0 Å². The molecule has 0 unspecified atom stereocenters. The van der Waals surface area contributed by atoms with Crippen LogP contribution in [0.4, 0.5) is 0 Å². The molecule has 0 spiro atoms. The highest BCUT2D eigenvalue weighted by atomic mass is 35.5. The summed E-state index contributed by atoms with van der Waals surface area (Å²) in [5.74, 6) is 0.0281. The molecule has 0 saturated heterocycles. The van der Waals surface area contributed by atoms with Gasteiger partial charge in [-0.1, -0.05) is 6.92 Å². The van der Waals surface area contributed by atoms with E-state index in [0.29, 0.717) is 12.2 Å². The van der Waals surface area contributed by atoms with Crippen molar-refractivity contribution in [2.24, 2.45) is 0 Å². The third-order valence-electron chi connectivity index (χ3n) is 2.72. The number of carbonyl (C=O) groups excluding carboxylic acids is 1. The number of hydrogen-bond donors (Lipinski definition) is 0. The Hall–Kier alpha value is -1.53. The van der Waals surface area contributed by atoms with Crippen LogP contribution in [0.5, 0.6) is 0 Å². The lowest BCUT2D eigenvalue weighted by Gasteiger charge is -2.12. The van der Waals surface area contributed by atoms with E-state index in [9.17, 15) is 4.79 Å². The van der Waals surface area contributed by atoms with Crippen molar-refractivity contribution in [3.8, 4) is 6.07 Å². The van der Waals surface area contributed by atoms with Gasteiger partial charge in [-0.3, -0.25) is 4.79 Å². The molecule has 0 amide bonds. The minimum Gasteiger partial charge on any atom is -0.466 e. The molecule has 96 valence electrons. The number of carbonyl (C=O) groups is 1. The molecule has 0 radical (unpaired) electrons. The second kappa shape index (κ2) is 7.03. The number of benzene rings is 1. The minimum atomic E-state index is -0.261.